The molecule has 0 aliphatic rings. The van der Waals surface area contributed by atoms with Crippen molar-refractivity contribution in [3.8, 4) is 0 Å². The van der Waals surface area contributed by atoms with Crippen molar-refractivity contribution in [1.29, 1.82) is 0 Å². The van der Waals surface area contributed by atoms with E-state index in [1.165, 1.54) is 0 Å². The van der Waals surface area contributed by atoms with Gasteiger partial charge in [0.05, 0.1) is 19.4 Å². The Bertz CT molecular complexity index is 511. The summed E-state index contributed by atoms with van der Waals surface area (Å²) in [7, 11) is 0. The van der Waals surface area contributed by atoms with Gasteiger partial charge in [-0.25, -0.2) is 0 Å². The standard InChI is InChI=1S/C19H27ClO4/c1-4-5-17(14(2)3)24-19(22)11-10-18(21)23-13-12-15-6-8-16(20)9-7-15/h6-9,14,17H,4-5,10-13H2,1-3H3. The highest BCUT2D eigenvalue weighted by Gasteiger charge is 2.18. The average Bonchev–Trinajstić information content (AvgIpc) is 2.54. The number of hydrogen-bond donors (Lipinski definition) is 0. The SMILES string of the molecule is CCCC(OC(=O)CCC(=O)OCCc1ccc(Cl)cc1)C(C)C. The van der Waals surface area contributed by atoms with Gasteiger partial charge in [-0.3, -0.25) is 9.59 Å². The third-order valence-electron chi connectivity index (χ3n) is 3.70. The second-order valence-electron chi connectivity index (χ2n) is 6.16. The number of halogens is 1. The fourth-order valence-electron chi connectivity index (χ4n) is 2.25. The third kappa shape index (κ3) is 8.34. The highest BCUT2D eigenvalue weighted by Crippen LogP contribution is 2.14. The van der Waals surface area contributed by atoms with Crippen LogP contribution in [0.3, 0.4) is 0 Å². The van der Waals surface area contributed by atoms with E-state index in [-0.39, 0.29) is 36.8 Å². The van der Waals surface area contributed by atoms with Gasteiger partial charge < -0.3 is 9.47 Å². The lowest BCUT2D eigenvalue weighted by Gasteiger charge is -2.20. The lowest BCUT2D eigenvalue weighted by atomic mass is 10.0. The molecule has 0 radical (unpaired) electrons. The highest BCUT2D eigenvalue weighted by molar-refractivity contribution is 6.30. The third-order valence-corrected chi connectivity index (χ3v) is 3.95. The van der Waals surface area contributed by atoms with Crippen molar-refractivity contribution in [2.24, 2.45) is 5.92 Å². The van der Waals surface area contributed by atoms with E-state index in [2.05, 4.69) is 6.92 Å². The predicted molar refractivity (Wildman–Crippen MR) is 95.0 cm³/mol. The molecular weight excluding hydrogens is 328 g/mol. The van der Waals surface area contributed by atoms with Crippen LogP contribution in [0.4, 0.5) is 0 Å². The molecule has 1 rings (SSSR count). The van der Waals surface area contributed by atoms with Crippen LogP contribution < -0.4 is 0 Å². The molecule has 0 aromatic heterocycles. The maximum Gasteiger partial charge on any atom is 0.306 e. The second kappa shape index (κ2) is 11.1. The van der Waals surface area contributed by atoms with Gasteiger partial charge in [-0.1, -0.05) is 50.9 Å². The minimum Gasteiger partial charge on any atom is -0.465 e. The van der Waals surface area contributed by atoms with Crippen LogP contribution in [0, 0.1) is 5.92 Å². The fourth-order valence-corrected chi connectivity index (χ4v) is 2.38. The number of esters is 2. The molecule has 0 aliphatic heterocycles. The van der Waals surface area contributed by atoms with Crippen LogP contribution in [-0.4, -0.2) is 24.6 Å². The van der Waals surface area contributed by atoms with E-state index in [0.29, 0.717) is 18.1 Å². The van der Waals surface area contributed by atoms with Gasteiger partial charge in [-0.15, -0.1) is 0 Å². The average molecular weight is 355 g/mol. The molecule has 0 aliphatic carbocycles. The summed E-state index contributed by atoms with van der Waals surface area (Å²) in [5, 5.41) is 0.678. The molecule has 5 heteroatoms. The Morgan fingerprint density at radius 3 is 2.29 bits per heavy atom. The summed E-state index contributed by atoms with van der Waals surface area (Å²) < 4.78 is 10.6. The van der Waals surface area contributed by atoms with E-state index in [9.17, 15) is 9.59 Å². The van der Waals surface area contributed by atoms with Crippen LogP contribution in [0.15, 0.2) is 24.3 Å². The minimum atomic E-state index is -0.377. The van der Waals surface area contributed by atoms with Crippen molar-refractivity contribution in [3.63, 3.8) is 0 Å². The van der Waals surface area contributed by atoms with Gasteiger partial charge in [0.2, 0.25) is 0 Å². The van der Waals surface area contributed by atoms with Gasteiger partial charge in [0.15, 0.2) is 0 Å². The van der Waals surface area contributed by atoms with E-state index in [4.69, 9.17) is 21.1 Å². The van der Waals surface area contributed by atoms with Crippen molar-refractivity contribution >= 4 is 23.5 Å². The zero-order valence-electron chi connectivity index (χ0n) is 14.7. The largest absolute Gasteiger partial charge is 0.465 e. The van der Waals surface area contributed by atoms with Gasteiger partial charge in [-0.05, 0) is 30.0 Å². The number of rotatable bonds is 10. The quantitative estimate of drug-likeness (QED) is 0.577. The first-order valence-electron chi connectivity index (χ1n) is 8.52. The number of carbonyl (C=O) groups is 2. The molecule has 4 nitrogen and oxygen atoms in total. The lowest BCUT2D eigenvalue weighted by Crippen LogP contribution is -2.24. The number of carbonyl (C=O) groups excluding carboxylic acids is 2. The van der Waals surface area contributed by atoms with Crippen molar-refractivity contribution in [2.75, 3.05) is 6.61 Å². The Labute approximate surface area is 149 Å². The van der Waals surface area contributed by atoms with Crippen molar-refractivity contribution in [1.82, 2.24) is 0 Å². The summed E-state index contributed by atoms with van der Waals surface area (Å²) >= 11 is 5.81. The van der Waals surface area contributed by atoms with Crippen molar-refractivity contribution < 1.29 is 19.1 Å². The van der Waals surface area contributed by atoms with Gasteiger partial charge in [0.25, 0.3) is 0 Å². The minimum absolute atomic E-state index is 0.0520. The predicted octanol–water partition coefficient (Wildman–Crippen LogP) is 4.57. The van der Waals surface area contributed by atoms with E-state index >= 15 is 0 Å². The topological polar surface area (TPSA) is 52.6 Å². The summed E-state index contributed by atoms with van der Waals surface area (Å²) in [6.45, 7) is 6.40. The Morgan fingerprint density at radius 2 is 1.71 bits per heavy atom. The first-order valence-corrected chi connectivity index (χ1v) is 8.89. The summed E-state index contributed by atoms with van der Waals surface area (Å²) in [4.78, 5) is 23.5. The van der Waals surface area contributed by atoms with Crippen LogP contribution in [0.1, 0.15) is 52.0 Å². The molecule has 0 spiro atoms. The van der Waals surface area contributed by atoms with Crippen LogP contribution in [0.5, 0.6) is 0 Å². The Morgan fingerprint density at radius 1 is 1.08 bits per heavy atom. The summed E-state index contributed by atoms with van der Waals surface area (Å²) in [6, 6.07) is 7.40. The summed E-state index contributed by atoms with van der Waals surface area (Å²) in [6.07, 6.45) is 2.46. The van der Waals surface area contributed by atoms with Crippen LogP contribution in [-0.2, 0) is 25.5 Å². The van der Waals surface area contributed by atoms with Gasteiger partial charge in [-0.2, -0.15) is 0 Å². The molecule has 1 unspecified atom stereocenters. The summed E-state index contributed by atoms with van der Waals surface area (Å²) in [5.41, 5.74) is 1.05. The van der Waals surface area contributed by atoms with Crippen molar-refractivity contribution in [3.05, 3.63) is 34.9 Å². The Kier molecular flexibility index (Phi) is 9.46. The Hall–Kier alpha value is -1.55. The van der Waals surface area contributed by atoms with Crippen LogP contribution in [0.25, 0.3) is 0 Å². The molecule has 1 aromatic carbocycles. The molecule has 24 heavy (non-hydrogen) atoms. The molecule has 0 saturated carbocycles. The first kappa shape index (κ1) is 20.5. The molecule has 134 valence electrons. The molecule has 0 N–H and O–H groups in total. The maximum absolute atomic E-state index is 11.8. The number of ether oxygens (including phenoxy) is 2. The van der Waals surface area contributed by atoms with Crippen molar-refractivity contribution in [2.45, 2.75) is 59.0 Å². The second-order valence-corrected chi connectivity index (χ2v) is 6.59. The highest BCUT2D eigenvalue weighted by atomic mass is 35.5. The number of benzene rings is 1. The van der Waals surface area contributed by atoms with E-state index in [0.717, 1.165) is 18.4 Å². The van der Waals surface area contributed by atoms with E-state index in [1.54, 1.807) is 12.1 Å². The number of hydrogen-bond acceptors (Lipinski definition) is 4. The van der Waals surface area contributed by atoms with Gasteiger partial charge in [0.1, 0.15) is 6.10 Å². The van der Waals surface area contributed by atoms with E-state index < -0.39 is 0 Å². The molecule has 0 bridgehead atoms. The molecule has 0 heterocycles. The van der Waals surface area contributed by atoms with Crippen LogP contribution >= 0.6 is 11.6 Å². The van der Waals surface area contributed by atoms with Gasteiger partial charge >= 0.3 is 11.9 Å². The smallest absolute Gasteiger partial charge is 0.306 e. The molecule has 0 saturated heterocycles. The molecule has 1 aromatic rings. The molecule has 0 fully saturated rings. The Balaban J connectivity index is 2.22. The normalized spacial score (nSPS) is 12.0. The lowest BCUT2D eigenvalue weighted by molar-refractivity contribution is -0.155. The molecule has 1 atom stereocenters. The fraction of sp³-hybridized carbons (Fsp3) is 0.579. The zero-order valence-corrected chi connectivity index (χ0v) is 15.5. The van der Waals surface area contributed by atoms with Crippen LogP contribution in [0.2, 0.25) is 5.02 Å². The molecule has 0 amide bonds. The van der Waals surface area contributed by atoms with E-state index in [1.807, 2.05) is 26.0 Å². The molecular formula is C19H27ClO4. The zero-order chi connectivity index (χ0) is 17.9. The first-order chi connectivity index (χ1) is 11.4. The van der Waals surface area contributed by atoms with Gasteiger partial charge in [0, 0.05) is 11.4 Å². The summed E-state index contributed by atoms with van der Waals surface area (Å²) in [5.74, 6) is -0.436. The monoisotopic (exact) mass is 354 g/mol. The maximum atomic E-state index is 11.8.